The molecule has 1 aromatic carbocycles. The predicted molar refractivity (Wildman–Crippen MR) is 64.3 cm³/mol. The average Bonchev–Trinajstić information content (AvgIpc) is 2.83. The highest BCUT2D eigenvalue weighted by molar-refractivity contribution is 7.09. The number of nitrogens with one attached hydrogen (secondary N) is 1. The summed E-state index contributed by atoms with van der Waals surface area (Å²) in [6, 6.07) is 9.14. The molecule has 1 atom stereocenters. The van der Waals surface area contributed by atoms with Crippen LogP contribution in [-0.4, -0.2) is 20.7 Å². The van der Waals surface area contributed by atoms with Crippen molar-refractivity contribution in [3.8, 4) is 0 Å². The molecule has 6 nitrogen and oxygen atoms in total. The van der Waals surface area contributed by atoms with Gasteiger partial charge < -0.3 is 5.73 Å². The fourth-order valence-corrected chi connectivity index (χ4v) is 1.69. The topological polar surface area (TPSA) is 93.8 Å². The Kier molecular flexibility index (Phi) is 3.12. The van der Waals surface area contributed by atoms with E-state index in [2.05, 4.69) is 20.1 Å². The number of nitrogens with two attached hydrogens (primary N) is 1. The van der Waals surface area contributed by atoms with Gasteiger partial charge >= 0.3 is 0 Å². The highest BCUT2D eigenvalue weighted by Gasteiger charge is 2.30. The molecule has 0 aliphatic carbocycles. The largest absolute Gasteiger partial charge is 0.314 e. The van der Waals surface area contributed by atoms with E-state index >= 15 is 0 Å². The van der Waals surface area contributed by atoms with Gasteiger partial charge in [-0.25, -0.2) is 0 Å². The van der Waals surface area contributed by atoms with E-state index in [1.807, 2.05) is 18.2 Å². The van der Waals surface area contributed by atoms with Crippen molar-refractivity contribution < 1.29 is 4.79 Å². The van der Waals surface area contributed by atoms with Gasteiger partial charge in [-0.2, -0.15) is 0 Å². The molecule has 0 aliphatic rings. The second-order valence-electron chi connectivity index (χ2n) is 3.69. The molecule has 0 saturated carbocycles. The van der Waals surface area contributed by atoms with Crippen molar-refractivity contribution in [3.05, 3.63) is 35.9 Å². The van der Waals surface area contributed by atoms with Crippen molar-refractivity contribution in [2.45, 2.75) is 12.5 Å². The van der Waals surface area contributed by atoms with Gasteiger partial charge in [-0.05, 0) is 17.7 Å². The van der Waals surface area contributed by atoms with Gasteiger partial charge in [0, 0.05) is 11.5 Å². The highest BCUT2D eigenvalue weighted by atomic mass is 32.1. The maximum absolute atomic E-state index is 12.0. The molecule has 2 rings (SSSR count). The first-order valence-electron chi connectivity index (χ1n) is 4.91. The second kappa shape index (κ2) is 4.56. The Balaban J connectivity index is 2.18. The van der Waals surface area contributed by atoms with Crippen LogP contribution in [0.2, 0.25) is 0 Å². The number of hydrogen-bond donors (Lipinski definition) is 2. The Morgan fingerprint density at radius 3 is 2.71 bits per heavy atom. The molecule has 2 aromatic rings. The smallest absolute Gasteiger partial charge is 0.250 e. The van der Waals surface area contributed by atoms with Crippen LogP contribution in [0.4, 0.5) is 5.13 Å². The minimum atomic E-state index is -1.12. The maximum Gasteiger partial charge on any atom is 0.250 e. The summed E-state index contributed by atoms with van der Waals surface area (Å²) < 4.78 is 3.56. The predicted octanol–water partition coefficient (Wildman–Crippen LogP) is 0.746. The number of hydrogen-bond acceptors (Lipinski definition) is 6. The molecule has 0 fully saturated rings. The quantitative estimate of drug-likeness (QED) is 0.837. The molecule has 88 valence electrons. The van der Waals surface area contributed by atoms with E-state index in [-0.39, 0.29) is 5.91 Å². The summed E-state index contributed by atoms with van der Waals surface area (Å²) in [4.78, 5) is 12.0. The molecule has 0 aliphatic heterocycles. The van der Waals surface area contributed by atoms with Crippen molar-refractivity contribution >= 4 is 22.6 Å². The zero-order valence-corrected chi connectivity index (χ0v) is 9.94. The van der Waals surface area contributed by atoms with Crippen molar-refractivity contribution in [2.75, 3.05) is 5.32 Å². The number of aromatic nitrogens is 3. The molecule has 1 unspecified atom stereocenters. The molecular formula is C10H11N5OS. The van der Waals surface area contributed by atoms with E-state index in [0.29, 0.717) is 5.13 Å². The van der Waals surface area contributed by atoms with Crippen LogP contribution < -0.4 is 11.1 Å². The summed E-state index contributed by atoms with van der Waals surface area (Å²) in [5.74, 6) is -0.345. The molecule has 3 N–H and O–H groups in total. The van der Waals surface area contributed by atoms with Crippen LogP contribution in [-0.2, 0) is 10.3 Å². The van der Waals surface area contributed by atoms with E-state index in [4.69, 9.17) is 5.73 Å². The van der Waals surface area contributed by atoms with Crippen LogP contribution in [0.3, 0.4) is 0 Å². The summed E-state index contributed by atoms with van der Waals surface area (Å²) in [7, 11) is 0. The molecule has 1 heterocycles. The fraction of sp³-hybridized carbons (Fsp3) is 0.200. The molecule has 0 radical (unpaired) electrons. The van der Waals surface area contributed by atoms with E-state index in [0.717, 1.165) is 17.1 Å². The number of amides is 1. The lowest BCUT2D eigenvalue weighted by Crippen LogP contribution is -2.45. The Labute approximate surface area is 102 Å². The van der Waals surface area contributed by atoms with E-state index < -0.39 is 5.54 Å². The number of carbonyl (C=O) groups excluding carboxylic acids is 1. The lowest BCUT2D eigenvalue weighted by molar-refractivity contribution is -0.120. The molecule has 1 amide bonds. The minimum Gasteiger partial charge on any atom is -0.314 e. The summed E-state index contributed by atoms with van der Waals surface area (Å²) in [5, 5.41) is 9.94. The van der Waals surface area contributed by atoms with Crippen molar-refractivity contribution in [1.82, 2.24) is 14.8 Å². The number of anilines is 1. The van der Waals surface area contributed by atoms with Gasteiger partial charge in [0.2, 0.25) is 5.13 Å². The molecule has 0 saturated heterocycles. The van der Waals surface area contributed by atoms with Crippen LogP contribution in [0.15, 0.2) is 30.3 Å². The van der Waals surface area contributed by atoms with Gasteiger partial charge in [-0.15, -0.1) is 0 Å². The molecule has 0 spiro atoms. The molecule has 0 bridgehead atoms. The number of benzene rings is 1. The summed E-state index contributed by atoms with van der Waals surface area (Å²) in [6.45, 7) is 1.64. The van der Waals surface area contributed by atoms with E-state index in [9.17, 15) is 4.79 Å². The molecule has 1 aromatic heterocycles. The van der Waals surface area contributed by atoms with Gasteiger partial charge in [0.1, 0.15) is 5.54 Å². The van der Waals surface area contributed by atoms with Crippen LogP contribution >= 0.6 is 11.5 Å². The Bertz CT molecular complexity index is 497. The lowest BCUT2D eigenvalue weighted by Gasteiger charge is -2.22. The third-order valence-electron chi connectivity index (χ3n) is 2.36. The first-order valence-corrected chi connectivity index (χ1v) is 5.69. The lowest BCUT2D eigenvalue weighted by atomic mass is 9.92. The number of nitrogens with zero attached hydrogens (tertiary/aromatic N) is 3. The Morgan fingerprint density at radius 1 is 1.41 bits per heavy atom. The van der Waals surface area contributed by atoms with Crippen LogP contribution in [0.25, 0.3) is 0 Å². The SMILES string of the molecule is CC(N)(C(=O)Nc1nnns1)c1ccccc1. The third-order valence-corrected chi connectivity index (χ3v) is 2.88. The van der Waals surface area contributed by atoms with Crippen molar-refractivity contribution in [1.29, 1.82) is 0 Å². The van der Waals surface area contributed by atoms with Crippen molar-refractivity contribution in [3.63, 3.8) is 0 Å². The maximum atomic E-state index is 12.0. The first kappa shape index (κ1) is 11.6. The highest BCUT2D eigenvalue weighted by Crippen LogP contribution is 2.19. The summed E-state index contributed by atoms with van der Waals surface area (Å²) in [5.41, 5.74) is 5.64. The molecule has 17 heavy (non-hydrogen) atoms. The van der Waals surface area contributed by atoms with E-state index in [1.54, 1.807) is 19.1 Å². The normalized spacial score (nSPS) is 14.0. The van der Waals surface area contributed by atoms with Crippen molar-refractivity contribution in [2.24, 2.45) is 5.73 Å². The fourth-order valence-electron chi connectivity index (χ4n) is 1.32. The van der Waals surface area contributed by atoms with Gasteiger partial charge in [-0.3, -0.25) is 10.1 Å². The first-order chi connectivity index (χ1) is 8.10. The molecular weight excluding hydrogens is 238 g/mol. The summed E-state index contributed by atoms with van der Waals surface area (Å²) >= 11 is 1.00. The average molecular weight is 249 g/mol. The Morgan fingerprint density at radius 2 is 2.12 bits per heavy atom. The van der Waals surface area contributed by atoms with Crippen LogP contribution in [0.5, 0.6) is 0 Å². The minimum absolute atomic E-state index is 0.336. The zero-order valence-electron chi connectivity index (χ0n) is 9.12. The second-order valence-corrected chi connectivity index (χ2v) is 4.42. The zero-order chi connectivity index (χ0) is 12.3. The van der Waals surface area contributed by atoms with Gasteiger partial charge in [0.15, 0.2) is 0 Å². The van der Waals surface area contributed by atoms with Gasteiger partial charge in [0.05, 0.1) is 0 Å². The van der Waals surface area contributed by atoms with Crippen LogP contribution in [0, 0.1) is 0 Å². The number of carbonyl (C=O) groups is 1. The standard InChI is InChI=1S/C10H11N5OS/c1-10(11,7-5-3-2-4-6-7)8(16)12-9-13-14-15-17-9/h2-6H,11H2,1H3,(H,12,13,15,16). The van der Waals surface area contributed by atoms with Gasteiger partial charge in [-0.1, -0.05) is 39.9 Å². The third kappa shape index (κ3) is 2.45. The van der Waals surface area contributed by atoms with Gasteiger partial charge in [0.25, 0.3) is 5.91 Å². The summed E-state index contributed by atoms with van der Waals surface area (Å²) in [6.07, 6.45) is 0. The number of rotatable bonds is 3. The molecule has 7 heteroatoms. The monoisotopic (exact) mass is 249 g/mol. The Hall–Kier alpha value is -1.86. The van der Waals surface area contributed by atoms with Crippen LogP contribution in [0.1, 0.15) is 12.5 Å². The van der Waals surface area contributed by atoms with E-state index in [1.165, 1.54) is 0 Å².